The Kier molecular flexibility index (Phi) is 38.5. The molecule has 0 aromatic carbocycles. The standard InChI is InChI=1S/C76H130O39/c1-77-29-38-46-54(85-9)63(94-18)71(102-38)111-48-40(31-79-3)104-73(65(96-20)56(48)87-11)113-50-42(33-81-5)106-75(67(98-22)58(50)89-13)115-52-44(35-83-7)107-76(68(99-23)60(52)91-15)114-51-43(34-82-6)105-74(66(97-21)59(51)90-14)112-49-41(32-80-4)103-72(64(95-19)57(49)88-12)110-47-39(30-78-2)101-70(62(93-17)55(47)86-10)108-45-37(28-36-26-24-25-27-36)100-69(109-46)61(92-16)53(45)84-8/h24-27,36-76H,28-35H2,1-23H3/t37-,38-,39-,40-,41-,42-,43-,44-,45-,46-,47-,48-,49-,50-,51-,52-,53+,54+,55+,56+,57+,58+,59+,60+,61-,62-,63-,64-,65-,66-,67-,68-,69-,70-,71-,72-,73-,74-,75-,76-/m1/s1. The summed E-state index contributed by atoms with van der Waals surface area (Å²) in [4.78, 5) is 0. The fraction of sp³-hybridized carbons (Fsp3) is 0.947. The number of rotatable bonds is 32. The zero-order valence-corrected chi connectivity index (χ0v) is 70.6. The lowest BCUT2D eigenvalue weighted by Crippen LogP contribution is -2.70. The van der Waals surface area contributed by atoms with Crippen molar-refractivity contribution in [3.05, 3.63) is 24.3 Å². The number of methoxy groups -OCH3 is 23. The van der Waals surface area contributed by atoms with Crippen molar-refractivity contribution in [2.75, 3.05) is 210 Å². The smallest absolute Gasteiger partial charge is 0.187 e. The number of hydrogen-bond acceptors (Lipinski definition) is 39. The van der Waals surface area contributed by atoms with Crippen molar-refractivity contribution in [3.63, 3.8) is 0 Å². The maximum absolute atomic E-state index is 7.26. The summed E-state index contributed by atoms with van der Waals surface area (Å²) in [5.74, 6) is -0.121. The van der Waals surface area contributed by atoms with E-state index in [0.29, 0.717) is 6.42 Å². The van der Waals surface area contributed by atoms with Crippen LogP contribution in [0.4, 0.5) is 0 Å². The summed E-state index contributed by atoms with van der Waals surface area (Å²) in [6.07, 6.45) is -33.3. The fourth-order valence-corrected chi connectivity index (χ4v) is 17.8. The molecule has 0 spiro atoms. The Morgan fingerprint density at radius 3 is 0.426 bits per heavy atom. The molecular weight excluding hydrogens is 1540 g/mol. The second-order valence-corrected chi connectivity index (χ2v) is 29.2. The Balaban J connectivity index is 1.05. The minimum absolute atomic E-state index is 0.0463. The first-order valence-corrected chi connectivity index (χ1v) is 38.7. The van der Waals surface area contributed by atoms with Crippen molar-refractivity contribution in [2.24, 2.45) is 5.92 Å². The van der Waals surface area contributed by atoms with Crippen LogP contribution in [0.1, 0.15) is 6.42 Å². The van der Waals surface area contributed by atoms with E-state index in [-0.39, 0.29) is 52.2 Å². The van der Waals surface area contributed by atoms with Crippen LogP contribution in [-0.4, -0.2) is 455 Å². The Morgan fingerprint density at radius 1 is 0.165 bits per heavy atom. The van der Waals surface area contributed by atoms with Crippen molar-refractivity contribution >= 4 is 0 Å². The van der Waals surface area contributed by atoms with Gasteiger partial charge in [-0.15, -0.1) is 0 Å². The monoisotopic (exact) mass is 1670 g/mol. The maximum Gasteiger partial charge on any atom is 0.187 e. The minimum Gasteiger partial charge on any atom is -0.382 e. The summed E-state index contributed by atoms with van der Waals surface area (Å²) in [6, 6.07) is 0. The van der Waals surface area contributed by atoms with Crippen molar-refractivity contribution in [1.82, 2.24) is 0 Å². The molecule has 16 bridgehead atoms. The van der Waals surface area contributed by atoms with E-state index in [0.717, 1.165) is 0 Å². The van der Waals surface area contributed by atoms with Crippen LogP contribution in [0, 0.1) is 5.92 Å². The van der Waals surface area contributed by atoms with E-state index in [1.807, 2.05) is 12.2 Å². The van der Waals surface area contributed by atoms with Crippen molar-refractivity contribution in [1.29, 1.82) is 0 Å². The summed E-state index contributed by atoms with van der Waals surface area (Å²) in [6.45, 7) is -0.375. The van der Waals surface area contributed by atoms with E-state index >= 15 is 0 Å². The van der Waals surface area contributed by atoms with Gasteiger partial charge in [0.15, 0.2) is 50.3 Å². The Morgan fingerprint density at radius 2 is 0.296 bits per heavy atom. The zero-order valence-electron chi connectivity index (χ0n) is 70.6. The highest BCUT2D eigenvalue weighted by atomic mass is 16.8. The van der Waals surface area contributed by atoms with Crippen LogP contribution >= 0.6 is 0 Å². The summed E-state index contributed by atoms with van der Waals surface area (Å²) in [5, 5.41) is 0. The molecule has 0 amide bonds. The van der Waals surface area contributed by atoms with Gasteiger partial charge in [-0.05, 0) is 12.3 Å². The lowest BCUT2D eigenvalue weighted by Gasteiger charge is -2.53. The molecule has 0 N–H and O–H groups in total. The molecule has 0 saturated carbocycles. The molecule has 0 radical (unpaired) electrons. The lowest BCUT2D eigenvalue weighted by molar-refractivity contribution is -0.409. The lowest BCUT2D eigenvalue weighted by atomic mass is 9.90. The van der Waals surface area contributed by atoms with Crippen LogP contribution in [0.15, 0.2) is 24.3 Å². The van der Waals surface area contributed by atoms with Crippen molar-refractivity contribution in [2.45, 2.75) is 252 Å². The third-order valence-corrected chi connectivity index (χ3v) is 23.1. The van der Waals surface area contributed by atoms with Gasteiger partial charge < -0.3 is 185 Å². The molecule has 30 saturated heterocycles. The van der Waals surface area contributed by atoms with Crippen molar-refractivity contribution < 1.29 is 185 Å². The molecule has 30 heterocycles. The number of hydrogen-bond donors (Lipinski definition) is 0. The van der Waals surface area contributed by atoms with E-state index in [1.165, 1.54) is 156 Å². The summed E-state index contributed by atoms with van der Waals surface area (Å²) < 4.78 is 256. The van der Waals surface area contributed by atoms with E-state index in [4.69, 9.17) is 185 Å². The van der Waals surface area contributed by atoms with E-state index in [2.05, 4.69) is 12.2 Å². The highest BCUT2D eigenvalue weighted by Gasteiger charge is 2.63. The fourth-order valence-electron chi connectivity index (χ4n) is 17.8. The zero-order chi connectivity index (χ0) is 82.7. The first kappa shape index (κ1) is 95.2. The topological polar surface area (TPSA) is 360 Å². The summed E-state index contributed by atoms with van der Waals surface area (Å²) in [7, 11) is 34.9. The largest absolute Gasteiger partial charge is 0.382 e. The van der Waals surface area contributed by atoms with Gasteiger partial charge in [-0.3, -0.25) is 0 Å². The number of ether oxygens (including phenoxy) is 39. The molecule has 0 aromatic heterocycles. The Hall–Kier alpha value is -2.08. The molecule has 39 heteroatoms. The molecule has 115 heavy (non-hydrogen) atoms. The normalized spacial score (nSPS) is 45.8. The van der Waals surface area contributed by atoms with E-state index in [1.54, 1.807) is 7.11 Å². The quantitative estimate of drug-likeness (QED) is 0.0840. The molecule has 31 aliphatic rings. The molecule has 31 rings (SSSR count). The average Bonchev–Trinajstić information content (AvgIpc) is 1.19. The van der Waals surface area contributed by atoms with E-state index in [9.17, 15) is 0 Å². The molecular formula is C76H130O39. The second kappa shape index (κ2) is 46.6. The van der Waals surface area contributed by atoms with Crippen LogP contribution in [-0.2, 0) is 185 Å². The van der Waals surface area contributed by atoms with Gasteiger partial charge in [0.2, 0.25) is 0 Å². The molecule has 668 valence electrons. The van der Waals surface area contributed by atoms with Crippen LogP contribution < -0.4 is 0 Å². The summed E-state index contributed by atoms with van der Waals surface area (Å²) >= 11 is 0. The highest BCUT2D eigenvalue weighted by molar-refractivity contribution is 5.18. The van der Waals surface area contributed by atoms with Crippen LogP contribution in [0.3, 0.4) is 0 Å². The molecule has 1 aliphatic carbocycles. The number of allylic oxidation sites excluding steroid dienone is 4. The van der Waals surface area contributed by atoms with Gasteiger partial charge in [-0.1, -0.05) is 24.3 Å². The SMILES string of the molecule is COC[C@H]1O[C@@H]2O[C@H]3[C@H](OC)[C@@H](OC)[C@@H](O[C@H]4[C@H](OC)[C@@H](OC)[C@@H](O[C@H]5[C@H](OC)[C@@H](OC)[C@@H](O[C@H]6[C@H](OC)[C@@H](OC)[C@@H](O[C@H]7[C@H](OC)[C@@H](OC)[C@@H](O[C@H]8[C@H](OC)[C@@H](OC)[C@@H](O[C@H]9[C@H](OC)[C@@H](OC)[C@@H](O[C@H]1[C@H](OC)[C@H]2OC)O[C@@H]9COC)O[C@@H]8COC)O[C@@H]7COC)O[C@@H]6CC1C=CC=C1)O[C@@H]5COC)O[C@@H]4COC)O[C@@H]3COC. The minimum atomic E-state index is -1.25. The van der Waals surface area contributed by atoms with Gasteiger partial charge in [-0.25, -0.2) is 0 Å². The highest BCUT2D eigenvalue weighted by Crippen LogP contribution is 2.45. The average molecular weight is 1670 g/mol. The van der Waals surface area contributed by atoms with Gasteiger partial charge in [0.25, 0.3) is 0 Å². The molecule has 40 atom stereocenters. The second-order valence-electron chi connectivity index (χ2n) is 29.2. The van der Waals surface area contributed by atoms with E-state index < -0.39 is 246 Å². The molecule has 39 nitrogen and oxygen atoms in total. The molecule has 30 fully saturated rings. The molecule has 30 aliphatic heterocycles. The van der Waals surface area contributed by atoms with Crippen LogP contribution in [0.5, 0.6) is 0 Å². The maximum atomic E-state index is 7.26. The van der Waals surface area contributed by atoms with Crippen LogP contribution in [0.2, 0.25) is 0 Å². The summed E-state index contributed by atoms with van der Waals surface area (Å²) in [5.41, 5.74) is 0. The molecule has 0 aromatic rings. The first-order valence-electron chi connectivity index (χ1n) is 38.7. The molecule has 0 unspecified atom stereocenters. The van der Waals surface area contributed by atoms with Crippen LogP contribution in [0.25, 0.3) is 0 Å². The third kappa shape index (κ3) is 21.0. The van der Waals surface area contributed by atoms with Gasteiger partial charge in [-0.2, -0.15) is 0 Å². The van der Waals surface area contributed by atoms with Gasteiger partial charge in [0.1, 0.15) is 189 Å². The predicted octanol–water partition coefficient (Wildman–Crippen LogP) is -0.222. The van der Waals surface area contributed by atoms with Gasteiger partial charge in [0.05, 0.1) is 52.4 Å². The van der Waals surface area contributed by atoms with Gasteiger partial charge in [0, 0.05) is 164 Å². The predicted molar refractivity (Wildman–Crippen MR) is 391 cm³/mol. The first-order chi connectivity index (χ1) is 56.0. The third-order valence-electron chi connectivity index (χ3n) is 23.1. The Labute approximate surface area is 674 Å². The van der Waals surface area contributed by atoms with Crippen molar-refractivity contribution in [3.8, 4) is 0 Å². The Bertz CT molecular complexity index is 2730. The van der Waals surface area contributed by atoms with Gasteiger partial charge >= 0.3 is 0 Å².